The van der Waals surface area contributed by atoms with Gasteiger partial charge in [-0.05, 0) is 19.1 Å². The van der Waals surface area contributed by atoms with Gasteiger partial charge in [-0.2, -0.15) is 0 Å². The zero-order chi connectivity index (χ0) is 12.7. The number of nitrogens with one attached hydrogen (secondary N) is 2. The van der Waals surface area contributed by atoms with Crippen LogP contribution in [0.3, 0.4) is 0 Å². The SMILES string of the molecule is CCOC(=O)C(C=N)C(N)Nc1ccccc1. The van der Waals surface area contributed by atoms with Crippen LogP contribution in [0.1, 0.15) is 6.92 Å². The monoisotopic (exact) mass is 235 g/mol. The van der Waals surface area contributed by atoms with E-state index in [1.165, 1.54) is 0 Å². The van der Waals surface area contributed by atoms with Crippen molar-refractivity contribution in [2.24, 2.45) is 11.7 Å². The molecule has 0 aliphatic rings. The first-order chi connectivity index (χ1) is 8.19. The largest absolute Gasteiger partial charge is 0.465 e. The molecule has 5 nitrogen and oxygen atoms in total. The second-order valence-corrected chi connectivity index (χ2v) is 3.48. The van der Waals surface area contributed by atoms with Crippen LogP contribution in [0, 0.1) is 11.3 Å². The number of hydrogen-bond donors (Lipinski definition) is 3. The minimum absolute atomic E-state index is 0.279. The van der Waals surface area contributed by atoms with E-state index in [0.717, 1.165) is 11.9 Å². The maximum Gasteiger partial charge on any atom is 0.317 e. The van der Waals surface area contributed by atoms with Crippen LogP contribution in [0.15, 0.2) is 30.3 Å². The van der Waals surface area contributed by atoms with Crippen LogP contribution in [0.4, 0.5) is 5.69 Å². The van der Waals surface area contributed by atoms with Crippen molar-refractivity contribution in [2.75, 3.05) is 11.9 Å². The molecular weight excluding hydrogens is 218 g/mol. The number of carbonyl (C=O) groups excluding carboxylic acids is 1. The highest BCUT2D eigenvalue weighted by molar-refractivity contribution is 5.90. The molecule has 5 heteroatoms. The first kappa shape index (κ1) is 13.2. The summed E-state index contributed by atoms with van der Waals surface area (Å²) in [7, 11) is 0. The highest BCUT2D eigenvalue weighted by Crippen LogP contribution is 2.09. The Balaban J connectivity index is 2.64. The van der Waals surface area contributed by atoms with Gasteiger partial charge in [-0.25, -0.2) is 0 Å². The summed E-state index contributed by atoms with van der Waals surface area (Å²) in [6, 6.07) is 9.28. The summed E-state index contributed by atoms with van der Waals surface area (Å²) in [5, 5.41) is 10.2. The number of nitrogens with two attached hydrogens (primary N) is 1. The number of hydrogen-bond acceptors (Lipinski definition) is 5. The fourth-order valence-electron chi connectivity index (χ4n) is 1.37. The molecule has 0 spiro atoms. The predicted octanol–water partition coefficient (Wildman–Crippen LogP) is 1.21. The van der Waals surface area contributed by atoms with Gasteiger partial charge in [0.2, 0.25) is 0 Å². The van der Waals surface area contributed by atoms with Gasteiger partial charge < -0.3 is 21.2 Å². The summed E-state index contributed by atoms with van der Waals surface area (Å²) in [4.78, 5) is 11.5. The van der Waals surface area contributed by atoms with Gasteiger partial charge in [0, 0.05) is 11.9 Å². The van der Waals surface area contributed by atoms with E-state index in [1.54, 1.807) is 6.92 Å². The number of carbonyl (C=O) groups is 1. The van der Waals surface area contributed by atoms with Gasteiger partial charge in [0.1, 0.15) is 5.92 Å². The molecule has 92 valence electrons. The van der Waals surface area contributed by atoms with Crippen molar-refractivity contribution in [1.82, 2.24) is 0 Å². The van der Waals surface area contributed by atoms with Crippen molar-refractivity contribution in [3.8, 4) is 0 Å². The van der Waals surface area contributed by atoms with Crippen LogP contribution in [-0.4, -0.2) is 25.0 Å². The molecule has 2 atom stereocenters. The van der Waals surface area contributed by atoms with Crippen LogP contribution >= 0.6 is 0 Å². The molecule has 0 amide bonds. The maximum atomic E-state index is 11.5. The van der Waals surface area contributed by atoms with E-state index < -0.39 is 18.1 Å². The number of rotatable bonds is 6. The molecule has 0 fully saturated rings. The van der Waals surface area contributed by atoms with Crippen molar-refractivity contribution in [1.29, 1.82) is 5.41 Å². The molecule has 4 N–H and O–H groups in total. The number of esters is 1. The quantitative estimate of drug-likeness (QED) is 0.393. The number of ether oxygens (including phenoxy) is 1. The van der Waals surface area contributed by atoms with Crippen molar-refractivity contribution in [2.45, 2.75) is 13.1 Å². The van der Waals surface area contributed by atoms with Crippen molar-refractivity contribution in [3.63, 3.8) is 0 Å². The van der Waals surface area contributed by atoms with Crippen LogP contribution < -0.4 is 11.1 Å². The van der Waals surface area contributed by atoms with Gasteiger partial charge in [-0.15, -0.1) is 0 Å². The molecular formula is C12H17N3O2. The molecule has 2 unspecified atom stereocenters. The molecule has 1 rings (SSSR count). The summed E-state index contributed by atoms with van der Waals surface area (Å²) >= 11 is 0. The molecule has 17 heavy (non-hydrogen) atoms. The summed E-state index contributed by atoms with van der Waals surface area (Å²) in [6.45, 7) is 2.00. The summed E-state index contributed by atoms with van der Waals surface area (Å²) < 4.78 is 4.84. The Morgan fingerprint density at radius 3 is 2.71 bits per heavy atom. The topological polar surface area (TPSA) is 88.2 Å². The van der Waals surface area contributed by atoms with E-state index >= 15 is 0 Å². The molecule has 1 aromatic carbocycles. The van der Waals surface area contributed by atoms with E-state index in [1.807, 2.05) is 30.3 Å². The molecule has 0 aliphatic carbocycles. The Labute approximate surface area is 100 Å². The van der Waals surface area contributed by atoms with Gasteiger partial charge in [0.05, 0.1) is 12.8 Å². The molecule has 1 aromatic rings. The Morgan fingerprint density at radius 2 is 2.18 bits per heavy atom. The van der Waals surface area contributed by atoms with E-state index in [2.05, 4.69) is 5.32 Å². The minimum atomic E-state index is -0.782. The van der Waals surface area contributed by atoms with Gasteiger partial charge >= 0.3 is 5.97 Å². The fraction of sp³-hybridized carbons (Fsp3) is 0.333. The molecule has 0 aliphatic heterocycles. The third-order valence-electron chi connectivity index (χ3n) is 2.23. The lowest BCUT2D eigenvalue weighted by Crippen LogP contribution is -2.43. The van der Waals surface area contributed by atoms with Crippen LogP contribution in [0.5, 0.6) is 0 Å². The molecule has 0 radical (unpaired) electrons. The maximum absolute atomic E-state index is 11.5. The van der Waals surface area contributed by atoms with Crippen molar-refractivity contribution >= 4 is 17.9 Å². The molecule has 0 aromatic heterocycles. The average Bonchev–Trinajstić information content (AvgIpc) is 2.31. The third-order valence-corrected chi connectivity index (χ3v) is 2.23. The zero-order valence-corrected chi connectivity index (χ0v) is 9.72. The number of para-hydroxylation sites is 1. The van der Waals surface area contributed by atoms with Crippen LogP contribution in [-0.2, 0) is 9.53 Å². The second kappa shape index (κ2) is 6.65. The molecule has 0 bridgehead atoms. The normalized spacial score (nSPS) is 13.5. The lowest BCUT2D eigenvalue weighted by atomic mass is 10.1. The summed E-state index contributed by atoms with van der Waals surface area (Å²) in [5.74, 6) is -1.27. The third kappa shape index (κ3) is 3.88. The highest BCUT2D eigenvalue weighted by atomic mass is 16.5. The van der Waals surface area contributed by atoms with Gasteiger partial charge in [0.15, 0.2) is 0 Å². The van der Waals surface area contributed by atoms with Crippen LogP contribution in [0.25, 0.3) is 0 Å². The lowest BCUT2D eigenvalue weighted by Gasteiger charge is -2.20. The molecule has 0 saturated carbocycles. The minimum Gasteiger partial charge on any atom is -0.465 e. The smallest absolute Gasteiger partial charge is 0.317 e. The standard InChI is InChI=1S/C12H17N3O2/c1-2-17-12(16)10(8-13)11(14)15-9-6-4-3-5-7-9/h3-8,10-11,13,15H,2,14H2,1H3. The Bertz CT molecular complexity index is 367. The van der Waals surface area contributed by atoms with E-state index in [-0.39, 0.29) is 6.61 Å². The van der Waals surface area contributed by atoms with Crippen molar-refractivity contribution in [3.05, 3.63) is 30.3 Å². The van der Waals surface area contributed by atoms with Crippen LogP contribution in [0.2, 0.25) is 0 Å². The van der Waals surface area contributed by atoms with E-state index in [4.69, 9.17) is 15.9 Å². The Hall–Kier alpha value is -1.88. The van der Waals surface area contributed by atoms with Gasteiger partial charge in [0.25, 0.3) is 0 Å². The zero-order valence-electron chi connectivity index (χ0n) is 9.72. The first-order valence-corrected chi connectivity index (χ1v) is 5.43. The molecule has 0 heterocycles. The van der Waals surface area contributed by atoms with Gasteiger partial charge in [-0.1, -0.05) is 18.2 Å². The second-order valence-electron chi connectivity index (χ2n) is 3.48. The van der Waals surface area contributed by atoms with Gasteiger partial charge in [-0.3, -0.25) is 4.79 Å². The summed E-state index contributed by atoms with van der Waals surface area (Å²) in [6.07, 6.45) is 0.326. The summed E-state index contributed by atoms with van der Waals surface area (Å²) in [5.41, 5.74) is 6.63. The van der Waals surface area contributed by atoms with E-state index in [0.29, 0.717) is 0 Å². The Morgan fingerprint density at radius 1 is 1.53 bits per heavy atom. The highest BCUT2D eigenvalue weighted by Gasteiger charge is 2.24. The van der Waals surface area contributed by atoms with E-state index in [9.17, 15) is 4.79 Å². The Kier molecular flexibility index (Phi) is 5.16. The average molecular weight is 235 g/mol. The van der Waals surface area contributed by atoms with Crippen molar-refractivity contribution < 1.29 is 9.53 Å². The predicted molar refractivity (Wildman–Crippen MR) is 66.9 cm³/mol. The number of benzene rings is 1. The number of anilines is 1. The lowest BCUT2D eigenvalue weighted by molar-refractivity contribution is -0.145. The first-order valence-electron chi connectivity index (χ1n) is 5.43. The molecule has 0 saturated heterocycles. The fourth-order valence-corrected chi connectivity index (χ4v) is 1.37.